The number of ether oxygens (including phenoxy) is 1. The number of benzene rings is 1. The van der Waals surface area contributed by atoms with Crippen LogP contribution in [0.4, 0.5) is 26.3 Å². The fraction of sp³-hybridized carbons (Fsp3) is 0.321. The predicted octanol–water partition coefficient (Wildman–Crippen LogP) is 6.35. The normalized spacial score (nSPS) is 14.1. The highest BCUT2D eigenvalue weighted by Gasteiger charge is 2.35. The summed E-state index contributed by atoms with van der Waals surface area (Å²) < 4.78 is 87.4. The molecule has 42 heavy (non-hydrogen) atoms. The van der Waals surface area contributed by atoms with Gasteiger partial charge in [0, 0.05) is 42.9 Å². The van der Waals surface area contributed by atoms with Crippen LogP contribution >= 0.6 is 0 Å². The zero-order chi connectivity index (χ0) is 29.8. The number of hydrogen-bond donors (Lipinski definition) is 0. The van der Waals surface area contributed by atoms with E-state index in [1.54, 1.807) is 24.3 Å². The van der Waals surface area contributed by atoms with Gasteiger partial charge in [0.05, 0.1) is 30.0 Å². The van der Waals surface area contributed by atoms with Crippen molar-refractivity contribution in [2.75, 3.05) is 7.11 Å². The molecule has 1 aromatic carbocycles. The van der Waals surface area contributed by atoms with Crippen molar-refractivity contribution in [2.45, 2.75) is 44.1 Å². The Balaban J connectivity index is 1.39. The molecule has 6 rings (SSSR count). The minimum atomic E-state index is -4.57. The van der Waals surface area contributed by atoms with Crippen molar-refractivity contribution < 1.29 is 31.1 Å². The summed E-state index contributed by atoms with van der Waals surface area (Å²) in [7, 11) is 2.94. The molecular weight excluding hydrogens is 564 g/mol. The summed E-state index contributed by atoms with van der Waals surface area (Å²) in [6.07, 6.45) is -1.88. The molecule has 1 aliphatic rings. The van der Waals surface area contributed by atoms with Crippen molar-refractivity contribution in [1.29, 1.82) is 0 Å². The summed E-state index contributed by atoms with van der Waals surface area (Å²) in [6.45, 7) is -1.23. The molecule has 0 amide bonds. The quantitative estimate of drug-likeness (QED) is 0.207. The van der Waals surface area contributed by atoms with Crippen molar-refractivity contribution in [1.82, 2.24) is 34.1 Å². The van der Waals surface area contributed by atoms with E-state index in [0.29, 0.717) is 22.2 Å². The van der Waals surface area contributed by atoms with E-state index in [0.717, 1.165) is 34.9 Å². The molecule has 5 aromatic rings. The lowest BCUT2D eigenvalue weighted by molar-refractivity contribution is -0.141. The van der Waals surface area contributed by atoms with Gasteiger partial charge in [-0.05, 0) is 18.4 Å². The molecule has 0 saturated heterocycles. The first-order chi connectivity index (χ1) is 19.9. The second-order valence-electron chi connectivity index (χ2n) is 10.2. The highest BCUT2D eigenvalue weighted by molar-refractivity contribution is 5.82. The van der Waals surface area contributed by atoms with Crippen LogP contribution in [0.1, 0.15) is 41.3 Å². The zero-order valence-corrected chi connectivity index (χ0v) is 22.3. The number of hydrogen-bond acceptors (Lipinski definition) is 6. The maximum atomic E-state index is 13.4. The molecule has 0 radical (unpaired) electrons. The smallest absolute Gasteiger partial charge is 0.434 e. The minimum Gasteiger partial charge on any atom is -0.480 e. The molecule has 4 aromatic heterocycles. The Bertz CT molecular complexity index is 1770. The topological polar surface area (TPSA) is 83.5 Å². The van der Waals surface area contributed by atoms with E-state index in [9.17, 15) is 26.3 Å². The molecule has 0 bridgehead atoms. The van der Waals surface area contributed by atoms with Crippen molar-refractivity contribution in [3.05, 3.63) is 71.7 Å². The first-order valence-electron chi connectivity index (χ1n) is 12.9. The molecule has 0 N–H and O–H groups in total. The van der Waals surface area contributed by atoms with E-state index >= 15 is 0 Å². The summed E-state index contributed by atoms with van der Waals surface area (Å²) in [5.74, 6) is 0.869. The Morgan fingerprint density at radius 3 is 2.31 bits per heavy atom. The summed E-state index contributed by atoms with van der Waals surface area (Å²) in [5, 5.41) is 0. The highest BCUT2D eigenvalue weighted by Crippen LogP contribution is 2.45. The fourth-order valence-corrected chi connectivity index (χ4v) is 4.99. The third-order valence-electron chi connectivity index (χ3n) is 7.04. The molecule has 1 saturated carbocycles. The van der Waals surface area contributed by atoms with Gasteiger partial charge in [-0.15, -0.1) is 0 Å². The fourth-order valence-electron chi connectivity index (χ4n) is 4.99. The maximum Gasteiger partial charge on any atom is 0.434 e. The van der Waals surface area contributed by atoms with Gasteiger partial charge in [0.2, 0.25) is 5.88 Å². The molecule has 1 fully saturated rings. The number of methoxy groups -OCH3 is 1. The van der Waals surface area contributed by atoms with Crippen LogP contribution in [0.2, 0.25) is 0 Å². The van der Waals surface area contributed by atoms with Crippen molar-refractivity contribution >= 4 is 11.0 Å². The van der Waals surface area contributed by atoms with Gasteiger partial charge in [-0.2, -0.15) is 26.3 Å². The van der Waals surface area contributed by atoms with Gasteiger partial charge in [0.1, 0.15) is 24.3 Å². The third-order valence-corrected chi connectivity index (χ3v) is 7.04. The van der Waals surface area contributed by atoms with Crippen LogP contribution < -0.4 is 4.74 Å². The van der Waals surface area contributed by atoms with E-state index in [2.05, 4.69) is 19.9 Å². The molecule has 4 heterocycles. The summed E-state index contributed by atoms with van der Waals surface area (Å²) in [5.41, 5.74) is 2.49. The number of nitrogens with zero attached hydrogens (tertiary/aromatic N) is 7. The van der Waals surface area contributed by atoms with E-state index in [4.69, 9.17) is 9.72 Å². The number of aryl methyl sites for hydroxylation is 1. The van der Waals surface area contributed by atoms with Crippen LogP contribution in [-0.2, 0) is 26.2 Å². The Morgan fingerprint density at radius 1 is 0.952 bits per heavy atom. The Hall–Kier alpha value is -4.49. The number of aromatic nitrogens is 7. The maximum absolute atomic E-state index is 13.4. The molecule has 0 spiro atoms. The summed E-state index contributed by atoms with van der Waals surface area (Å²) in [6, 6.07) is 6.65. The number of imidazole rings is 1. The number of halogens is 6. The average Bonchev–Trinajstić information content (AvgIpc) is 3.63. The number of alkyl halides is 6. The molecule has 218 valence electrons. The van der Waals surface area contributed by atoms with Gasteiger partial charge in [0.25, 0.3) is 0 Å². The SMILES string of the molecule is COc1ncnc(C2CC2)c1-c1ncc2c(n1)c(Cc1ccc(-c3nc(C(F)(F)F)cn3C)cc1)cn2CC(F)(F)F. The Morgan fingerprint density at radius 2 is 1.69 bits per heavy atom. The average molecular weight is 588 g/mol. The van der Waals surface area contributed by atoms with Gasteiger partial charge < -0.3 is 13.9 Å². The Labute approximate surface area is 235 Å². The lowest BCUT2D eigenvalue weighted by Gasteiger charge is -2.11. The van der Waals surface area contributed by atoms with Gasteiger partial charge in [-0.3, -0.25) is 0 Å². The van der Waals surface area contributed by atoms with Crippen LogP contribution in [0, 0.1) is 0 Å². The first kappa shape index (κ1) is 27.7. The van der Waals surface area contributed by atoms with Crippen molar-refractivity contribution in [3.63, 3.8) is 0 Å². The van der Waals surface area contributed by atoms with E-state index in [1.165, 1.54) is 37.4 Å². The molecule has 8 nitrogen and oxygen atoms in total. The summed E-state index contributed by atoms with van der Waals surface area (Å²) in [4.78, 5) is 21.4. The monoisotopic (exact) mass is 587 g/mol. The molecule has 14 heteroatoms. The van der Waals surface area contributed by atoms with Crippen LogP contribution in [0.5, 0.6) is 5.88 Å². The zero-order valence-electron chi connectivity index (χ0n) is 22.3. The van der Waals surface area contributed by atoms with Gasteiger partial charge >= 0.3 is 12.4 Å². The summed E-state index contributed by atoms with van der Waals surface area (Å²) >= 11 is 0. The lowest BCUT2D eigenvalue weighted by atomic mass is 10.0. The van der Waals surface area contributed by atoms with E-state index < -0.39 is 24.6 Å². The van der Waals surface area contributed by atoms with E-state index in [1.807, 2.05) is 0 Å². The highest BCUT2D eigenvalue weighted by atomic mass is 19.4. The van der Waals surface area contributed by atoms with Crippen LogP contribution in [0.3, 0.4) is 0 Å². The second-order valence-corrected chi connectivity index (χ2v) is 10.2. The lowest BCUT2D eigenvalue weighted by Crippen LogP contribution is -2.17. The first-order valence-corrected chi connectivity index (χ1v) is 12.9. The molecule has 0 unspecified atom stereocenters. The minimum absolute atomic E-state index is 0.138. The van der Waals surface area contributed by atoms with Crippen molar-refractivity contribution in [2.24, 2.45) is 7.05 Å². The van der Waals surface area contributed by atoms with Gasteiger partial charge in [0.15, 0.2) is 11.5 Å². The predicted molar refractivity (Wildman–Crippen MR) is 140 cm³/mol. The Kier molecular flexibility index (Phi) is 6.65. The van der Waals surface area contributed by atoms with Gasteiger partial charge in [-0.25, -0.2) is 24.9 Å². The standard InChI is InChI=1S/C28H23F6N7O/c1-40-12-20(28(32,33)34)38-25(40)17-5-3-15(4-6-17)9-18-11-41(13-27(29,30)31)19-10-35-24(39-22(18)19)21-23(16-7-8-16)36-14-37-26(21)42-2/h3-6,10-12,14,16H,7-9,13H2,1-2H3. The third kappa shape index (κ3) is 5.40. The van der Waals surface area contributed by atoms with Gasteiger partial charge in [-0.1, -0.05) is 24.3 Å². The van der Waals surface area contributed by atoms with Crippen LogP contribution in [0.15, 0.2) is 49.2 Å². The molecule has 0 atom stereocenters. The van der Waals surface area contributed by atoms with Crippen LogP contribution in [-0.4, -0.2) is 47.3 Å². The largest absolute Gasteiger partial charge is 0.480 e. The second kappa shape index (κ2) is 10.1. The van der Waals surface area contributed by atoms with Crippen LogP contribution in [0.25, 0.3) is 33.8 Å². The molecular formula is C28H23F6N7O. The number of fused-ring (bicyclic) bond motifs is 1. The molecule has 0 aliphatic heterocycles. The number of rotatable bonds is 7. The van der Waals surface area contributed by atoms with E-state index in [-0.39, 0.29) is 35.4 Å². The molecule has 1 aliphatic carbocycles. The van der Waals surface area contributed by atoms with Crippen molar-refractivity contribution in [3.8, 4) is 28.7 Å².